The van der Waals surface area contributed by atoms with E-state index in [1.54, 1.807) is 0 Å². The summed E-state index contributed by atoms with van der Waals surface area (Å²) < 4.78 is 0. The van der Waals surface area contributed by atoms with Gasteiger partial charge in [0.15, 0.2) is 0 Å². The van der Waals surface area contributed by atoms with Crippen LogP contribution in [0.15, 0.2) is 12.2 Å². The second-order valence-electron chi connectivity index (χ2n) is 3.30. The molecule has 1 saturated heterocycles. The van der Waals surface area contributed by atoms with Gasteiger partial charge >= 0.3 is 0 Å². The average molecular weight is 199 g/mol. The molecule has 0 aromatic heterocycles. The molecule has 1 aliphatic heterocycles. The first-order valence-electron chi connectivity index (χ1n) is 4.88. The maximum atomic E-state index is 11.5. The minimum Gasteiger partial charge on any atom is -0.339 e. The molecule has 2 nitrogen and oxygen atoms in total. The van der Waals surface area contributed by atoms with E-state index in [0.717, 1.165) is 38.1 Å². The van der Waals surface area contributed by atoms with Crippen molar-refractivity contribution in [1.82, 2.24) is 4.90 Å². The van der Waals surface area contributed by atoms with Crippen LogP contribution in [0.5, 0.6) is 0 Å². The lowest BCUT2D eigenvalue weighted by atomic mass is 10.2. The first kappa shape index (κ1) is 10.6. The van der Waals surface area contributed by atoms with E-state index in [1.807, 2.05) is 17.1 Å². The zero-order valence-corrected chi connectivity index (χ0v) is 8.80. The molecule has 74 valence electrons. The lowest BCUT2D eigenvalue weighted by molar-refractivity contribution is -0.130. The van der Waals surface area contributed by atoms with Gasteiger partial charge in [-0.2, -0.15) is 12.6 Å². The highest BCUT2D eigenvalue weighted by atomic mass is 32.1. The van der Waals surface area contributed by atoms with E-state index in [0.29, 0.717) is 5.91 Å². The van der Waals surface area contributed by atoms with Gasteiger partial charge < -0.3 is 4.90 Å². The molecule has 0 aromatic rings. The minimum atomic E-state index is 0.307. The third-order valence-corrected chi connectivity index (χ3v) is 2.48. The summed E-state index contributed by atoms with van der Waals surface area (Å²) in [6, 6.07) is 0. The Labute approximate surface area is 85.4 Å². The van der Waals surface area contributed by atoms with Crippen molar-refractivity contribution < 1.29 is 4.79 Å². The molecule has 0 radical (unpaired) electrons. The second-order valence-corrected chi connectivity index (χ2v) is 3.67. The van der Waals surface area contributed by atoms with Gasteiger partial charge in [0.2, 0.25) is 5.91 Å². The predicted octanol–water partition coefficient (Wildman–Crippen LogP) is 1.88. The number of hydrogen-bond acceptors (Lipinski definition) is 2. The number of rotatable bonds is 3. The van der Waals surface area contributed by atoms with E-state index in [9.17, 15) is 4.79 Å². The monoisotopic (exact) mass is 199 g/mol. The number of amides is 1. The van der Waals surface area contributed by atoms with Gasteiger partial charge in [-0.25, -0.2) is 0 Å². The molecule has 0 saturated carbocycles. The summed E-state index contributed by atoms with van der Waals surface area (Å²) in [5.74, 6) is 1.06. The number of hydrogen-bond donors (Lipinski definition) is 1. The van der Waals surface area contributed by atoms with Gasteiger partial charge in [-0.15, -0.1) is 0 Å². The molecule has 0 bridgehead atoms. The number of carbonyl (C=O) groups excluding carboxylic acids is 1. The second kappa shape index (κ2) is 6.08. The highest BCUT2D eigenvalue weighted by Gasteiger charge is 2.14. The molecular weight excluding hydrogens is 182 g/mol. The topological polar surface area (TPSA) is 20.3 Å². The highest BCUT2D eigenvalue weighted by Crippen LogP contribution is 2.10. The Hall–Kier alpha value is -0.440. The summed E-state index contributed by atoms with van der Waals surface area (Å²) in [6.45, 7) is 1.69. The lowest BCUT2D eigenvalue weighted by Gasteiger charge is -2.17. The average Bonchev–Trinajstić information content (AvgIpc) is 2.32. The van der Waals surface area contributed by atoms with Gasteiger partial charge in [-0.1, -0.05) is 18.6 Å². The fourth-order valence-electron chi connectivity index (χ4n) is 1.51. The van der Waals surface area contributed by atoms with Crippen molar-refractivity contribution >= 4 is 18.5 Å². The Morgan fingerprint density at radius 2 is 2.15 bits per heavy atom. The van der Waals surface area contributed by atoms with E-state index in [4.69, 9.17) is 0 Å². The third-order valence-electron chi connectivity index (χ3n) is 2.27. The van der Waals surface area contributed by atoms with E-state index in [-0.39, 0.29) is 0 Å². The summed E-state index contributed by atoms with van der Waals surface area (Å²) in [4.78, 5) is 13.4. The molecule has 3 heteroatoms. The van der Waals surface area contributed by atoms with Gasteiger partial charge in [0, 0.05) is 25.3 Å². The first-order valence-corrected chi connectivity index (χ1v) is 5.51. The molecular formula is C10H17NOS. The van der Waals surface area contributed by atoms with Crippen molar-refractivity contribution in [3.05, 3.63) is 12.2 Å². The van der Waals surface area contributed by atoms with Crippen LogP contribution in [-0.4, -0.2) is 29.6 Å². The van der Waals surface area contributed by atoms with Crippen LogP contribution in [0.3, 0.4) is 0 Å². The number of carbonyl (C=O) groups is 1. The molecule has 13 heavy (non-hydrogen) atoms. The van der Waals surface area contributed by atoms with Crippen LogP contribution in [0.4, 0.5) is 0 Å². The third kappa shape index (κ3) is 3.85. The van der Waals surface area contributed by atoms with Crippen molar-refractivity contribution in [2.24, 2.45) is 0 Å². The molecule has 0 unspecified atom stereocenters. The van der Waals surface area contributed by atoms with Crippen LogP contribution in [0.2, 0.25) is 0 Å². The van der Waals surface area contributed by atoms with E-state index >= 15 is 0 Å². The van der Waals surface area contributed by atoms with Crippen LogP contribution >= 0.6 is 12.6 Å². The van der Waals surface area contributed by atoms with Crippen LogP contribution in [0, 0.1) is 0 Å². The maximum absolute atomic E-state index is 11.5. The van der Waals surface area contributed by atoms with Gasteiger partial charge in [0.25, 0.3) is 0 Å². The Kier molecular flexibility index (Phi) is 4.98. The largest absolute Gasteiger partial charge is 0.339 e. The van der Waals surface area contributed by atoms with Crippen LogP contribution in [0.1, 0.15) is 25.7 Å². The van der Waals surface area contributed by atoms with Crippen molar-refractivity contribution in [2.45, 2.75) is 25.7 Å². The van der Waals surface area contributed by atoms with Gasteiger partial charge in [-0.3, -0.25) is 4.79 Å². The summed E-state index contributed by atoms with van der Waals surface area (Å²) in [7, 11) is 0. The highest BCUT2D eigenvalue weighted by molar-refractivity contribution is 7.80. The van der Waals surface area contributed by atoms with E-state index in [2.05, 4.69) is 12.6 Å². The Morgan fingerprint density at radius 3 is 2.92 bits per heavy atom. The predicted molar refractivity (Wildman–Crippen MR) is 58.0 cm³/mol. The molecule has 0 atom stereocenters. The van der Waals surface area contributed by atoms with E-state index < -0.39 is 0 Å². The quantitative estimate of drug-likeness (QED) is 0.543. The van der Waals surface area contributed by atoms with Gasteiger partial charge in [0.05, 0.1) is 0 Å². The molecule has 1 fully saturated rings. The molecule has 1 amide bonds. The number of thiol groups is 1. The zero-order valence-electron chi connectivity index (χ0n) is 7.91. The van der Waals surface area contributed by atoms with Crippen LogP contribution in [0.25, 0.3) is 0 Å². The van der Waals surface area contributed by atoms with Crippen LogP contribution < -0.4 is 0 Å². The first-order chi connectivity index (χ1) is 6.34. The normalized spacial score (nSPS) is 19.5. The zero-order chi connectivity index (χ0) is 9.52. The van der Waals surface area contributed by atoms with Crippen molar-refractivity contribution in [3.63, 3.8) is 0 Å². The molecule has 1 aliphatic rings. The molecule has 0 N–H and O–H groups in total. The SMILES string of the molecule is O=C1CCCCCN1CC=CCS. The van der Waals surface area contributed by atoms with Crippen molar-refractivity contribution in [3.8, 4) is 0 Å². The van der Waals surface area contributed by atoms with Crippen LogP contribution in [-0.2, 0) is 4.79 Å². The standard InChI is InChI=1S/C10H17NOS/c12-10-6-2-1-3-7-11(10)8-4-5-9-13/h4-5,13H,1-3,6-9H2. The fraction of sp³-hybridized carbons (Fsp3) is 0.700. The molecule has 0 aliphatic carbocycles. The van der Waals surface area contributed by atoms with E-state index in [1.165, 1.54) is 6.42 Å². The summed E-state index contributed by atoms with van der Waals surface area (Å²) in [6.07, 6.45) is 8.15. The maximum Gasteiger partial charge on any atom is 0.222 e. The van der Waals surface area contributed by atoms with Gasteiger partial charge in [0.1, 0.15) is 0 Å². The molecule has 0 aromatic carbocycles. The van der Waals surface area contributed by atoms with Gasteiger partial charge in [-0.05, 0) is 12.8 Å². The number of nitrogens with zero attached hydrogens (tertiary/aromatic N) is 1. The summed E-state index contributed by atoms with van der Waals surface area (Å²) in [5.41, 5.74) is 0. The number of likely N-dealkylation sites (tertiary alicyclic amines) is 1. The molecule has 0 spiro atoms. The Balaban J connectivity index is 2.36. The summed E-state index contributed by atoms with van der Waals surface area (Å²) >= 11 is 4.07. The molecule has 1 rings (SSSR count). The lowest BCUT2D eigenvalue weighted by Crippen LogP contribution is -2.30. The smallest absolute Gasteiger partial charge is 0.222 e. The molecule has 1 heterocycles. The van der Waals surface area contributed by atoms with Crippen molar-refractivity contribution in [1.29, 1.82) is 0 Å². The Bertz CT molecular complexity index is 191. The summed E-state index contributed by atoms with van der Waals surface area (Å²) in [5, 5.41) is 0. The Morgan fingerprint density at radius 1 is 1.31 bits per heavy atom. The van der Waals surface area contributed by atoms with Crippen molar-refractivity contribution in [2.75, 3.05) is 18.8 Å². The minimum absolute atomic E-state index is 0.307. The fourth-order valence-corrected chi connectivity index (χ4v) is 1.66.